The Balaban J connectivity index is 1.40. The number of carboxylic acids is 1. The monoisotopic (exact) mass is 572 g/mol. The van der Waals surface area contributed by atoms with Crippen LogP contribution in [-0.4, -0.2) is 39.3 Å². The summed E-state index contributed by atoms with van der Waals surface area (Å²) in [6.07, 6.45) is -0.0573. The van der Waals surface area contributed by atoms with Gasteiger partial charge in [0.2, 0.25) is 5.88 Å². The summed E-state index contributed by atoms with van der Waals surface area (Å²) in [6.45, 7) is 7.42. The Hall–Kier alpha value is -5.21. The maximum Gasteiger partial charge on any atom is 0.335 e. The Morgan fingerprint density at radius 1 is 0.976 bits per heavy atom. The smallest absolute Gasteiger partial charge is 0.335 e. The Labute approximate surface area is 238 Å². The number of hydrogen-bond acceptors (Lipinski definition) is 5. The fraction of sp³-hybridized carbons (Fsp3) is 0.161. The van der Waals surface area contributed by atoms with Crippen LogP contribution in [-0.2, 0) is 24.3 Å². The Bertz CT molecular complexity index is 1850. The number of imidazole rings is 1. The lowest BCUT2D eigenvalue weighted by molar-refractivity contribution is 0.0697. The van der Waals surface area contributed by atoms with Gasteiger partial charge >= 0.3 is 5.97 Å². The van der Waals surface area contributed by atoms with Gasteiger partial charge in [0.25, 0.3) is 0 Å². The van der Waals surface area contributed by atoms with Crippen LogP contribution >= 0.6 is 0 Å². The van der Waals surface area contributed by atoms with Gasteiger partial charge in [-0.1, -0.05) is 18.2 Å². The molecule has 0 unspecified atom stereocenters. The minimum atomic E-state index is -1.09. The van der Waals surface area contributed by atoms with Gasteiger partial charge in [-0.15, -0.1) is 0 Å². The molecular formula is C31H23F3N4O4. The van der Waals surface area contributed by atoms with Crippen LogP contribution in [0.25, 0.3) is 27.1 Å². The number of nitrogens with zero attached hydrogens (tertiary/aromatic N) is 4. The lowest BCUT2D eigenvalue weighted by Crippen LogP contribution is -2.10. The number of pyridine rings is 1. The van der Waals surface area contributed by atoms with E-state index in [-0.39, 0.29) is 52.5 Å². The molecule has 0 atom stereocenters. The number of halogens is 3. The van der Waals surface area contributed by atoms with Crippen LogP contribution in [0.5, 0.6) is 5.88 Å². The number of ether oxygens (including phenoxy) is 2. The Kier molecular flexibility index (Phi) is 8.17. The van der Waals surface area contributed by atoms with Crippen molar-refractivity contribution in [1.29, 1.82) is 0 Å². The van der Waals surface area contributed by atoms with Crippen LogP contribution in [0.15, 0.2) is 66.7 Å². The molecule has 5 aromatic rings. The number of benzene rings is 3. The van der Waals surface area contributed by atoms with Crippen molar-refractivity contribution < 1.29 is 32.5 Å². The van der Waals surface area contributed by atoms with Crippen molar-refractivity contribution in [3.8, 4) is 17.1 Å². The third-order valence-corrected chi connectivity index (χ3v) is 6.62. The van der Waals surface area contributed by atoms with Gasteiger partial charge < -0.3 is 19.1 Å². The van der Waals surface area contributed by atoms with Gasteiger partial charge in [0, 0.05) is 37.3 Å². The zero-order valence-electron chi connectivity index (χ0n) is 22.3. The molecule has 1 N–H and O–H groups in total. The van der Waals surface area contributed by atoms with Gasteiger partial charge in [-0.25, -0.2) is 32.8 Å². The number of rotatable bonds is 10. The van der Waals surface area contributed by atoms with E-state index >= 15 is 8.78 Å². The van der Waals surface area contributed by atoms with Gasteiger partial charge in [-0.2, -0.15) is 0 Å². The average molecular weight is 573 g/mol. The second kappa shape index (κ2) is 12.1. The molecule has 0 radical (unpaired) electrons. The van der Waals surface area contributed by atoms with Gasteiger partial charge in [0.15, 0.2) is 5.69 Å². The standard InChI is InChI=1S/C31H23F3N4O4/c1-35-21-8-6-19(23(32)15-21)17-42-30-5-3-4-26(37-30)22-16-24(33)20(12-25(22)34)14-29-36-27-9-7-18(31(39)40)13-28(27)38(29)10-11-41-2/h3-9,12-13,15-16H,10-11,14,17H2,2H3,(H,39,40). The zero-order valence-corrected chi connectivity index (χ0v) is 22.3. The van der Waals surface area contributed by atoms with Crippen LogP contribution in [0.1, 0.15) is 27.3 Å². The highest BCUT2D eigenvalue weighted by Crippen LogP contribution is 2.28. The van der Waals surface area contributed by atoms with Crippen molar-refractivity contribution in [2.45, 2.75) is 19.6 Å². The molecule has 0 saturated heterocycles. The summed E-state index contributed by atoms with van der Waals surface area (Å²) in [7, 11) is 1.52. The van der Waals surface area contributed by atoms with E-state index < -0.39 is 23.4 Å². The molecule has 42 heavy (non-hydrogen) atoms. The first-order valence-electron chi connectivity index (χ1n) is 12.7. The highest BCUT2D eigenvalue weighted by atomic mass is 19.1. The SMILES string of the molecule is [C-]#[N+]c1ccc(COc2cccc(-c3cc(F)c(Cc4nc5ccc(C(=O)O)cc5n4CCOC)cc3F)n2)c(F)c1. The van der Waals surface area contributed by atoms with Crippen molar-refractivity contribution in [3.05, 3.63) is 118 Å². The lowest BCUT2D eigenvalue weighted by Gasteiger charge is -2.12. The van der Waals surface area contributed by atoms with E-state index in [2.05, 4.69) is 14.8 Å². The fourth-order valence-electron chi connectivity index (χ4n) is 4.48. The first kappa shape index (κ1) is 28.3. The highest BCUT2D eigenvalue weighted by molar-refractivity contribution is 5.92. The average Bonchev–Trinajstić information content (AvgIpc) is 3.33. The topological polar surface area (TPSA) is 90.8 Å². The van der Waals surface area contributed by atoms with Crippen molar-refractivity contribution >= 4 is 22.7 Å². The summed E-state index contributed by atoms with van der Waals surface area (Å²) in [5, 5.41) is 9.39. The van der Waals surface area contributed by atoms with Gasteiger partial charge in [0.05, 0.1) is 35.5 Å². The van der Waals surface area contributed by atoms with Crippen molar-refractivity contribution in [1.82, 2.24) is 14.5 Å². The predicted octanol–water partition coefficient (Wildman–Crippen LogP) is 6.58. The van der Waals surface area contributed by atoms with Crippen LogP contribution in [0.3, 0.4) is 0 Å². The quantitative estimate of drug-likeness (QED) is 0.190. The highest BCUT2D eigenvalue weighted by Gasteiger charge is 2.18. The molecule has 0 aliphatic carbocycles. The Morgan fingerprint density at radius 2 is 1.79 bits per heavy atom. The number of fused-ring (bicyclic) bond motifs is 1. The second-order valence-corrected chi connectivity index (χ2v) is 9.32. The number of carbonyl (C=O) groups is 1. The van der Waals surface area contributed by atoms with Gasteiger partial charge in [-0.05, 0) is 48.0 Å². The lowest BCUT2D eigenvalue weighted by atomic mass is 10.0. The largest absolute Gasteiger partial charge is 0.478 e. The van der Waals surface area contributed by atoms with E-state index in [1.165, 1.54) is 43.5 Å². The normalized spacial score (nSPS) is 11.0. The van der Waals surface area contributed by atoms with E-state index in [0.29, 0.717) is 30.0 Å². The van der Waals surface area contributed by atoms with Crippen LogP contribution in [0.4, 0.5) is 18.9 Å². The second-order valence-electron chi connectivity index (χ2n) is 9.32. The zero-order chi connectivity index (χ0) is 29.8. The molecule has 0 aliphatic rings. The van der Waals surface area contributed by atoms with Crippen LogP contribution < -0.4 is 4.74 Å². The summed E-state index contributed by atoms with van der Waals surface area (Å²) >= 11 is 0. The van der Waals surface area contributed by atoms with E-state index in [1.807, 2.05) is 0 Å². The Morgan fingerprint density at radius 3 is 2.52 bits per heavy atom. The van der Waals surface area contributed by atoms with E-state index in [1.54, 1.807) is 16.7 Å². The van der Waals surface area contributed by atoms with E-state index in [4.69, 9.17) is 16.0 Å². The number of hydrogen-bond donors (Lipinski definition) is 1. The number of aromatic nitrogens is 3. The summed E-state index contributed by atoms with van der Waals surface area (Å²) in [6, 6.07) is 15.2. The van der Waals surface area contributed by atoms with Gasteiger partial charge in [0.1, 0.15) is 29.9 Å². The van der Waals surface area contributed by atoms with Gasteiger partial charge in [-0.3, -0.25) is 0 Å². The molecule has 0 amide bonds. The van der Waals surface area contributed by atoms with E-state index in [9.17, 15) is 14.3 Å². The third kappa shape index (κ3) is 5.94. The maximum atomic E-state index is 15.4. The molecule has 0 fully saturated rings. The molecule has 2 heterocycles. The molecule has 2 aromatic heterocycles. The first-order chi connectivity index (χ1) is 20.3. The summed E-state index contributed by atoms with van der Waals surface area (Å²) in [4.78, 5) is 23.4. The number of carboxylic acid groups (broad SMARTS) is 1. The van der Waals surface area contributed by atoms with E-state index in [0.717, 1.165) is 18.2 Å². The minimum absolute atomic E-state index is 0.0504. The minimum Gasteiger partial charge on any atom is -0.478 e. The molecule has 3 aromatic carbocycles. The van der Waals surface area contributed by atoms with Crippen LogP contribution in [0, 0.1) is 24.0 Å². The molecule has 0 aliphatic heterocycles. The van der Waals surface area contributed by atoms with Crippen LogP contribution in [0.2, 0.25) is 0 Å². The fourth-order valence-corrected chi connectivity index (χ4v) is 4.48. The molecule has 0 bridgehead atoms. The third-order valence-electron chi connectivity index (χ3n) is 6.62. The maximum absolute atomic E-state index is 15.4. The summed E-state index contributed by atoms with van der Waals surface area (Å²) < 4.78 is 57.4. The molecule has 8 nitrogen and oxygen atoms in total. The number of methoxy groups -OCH3 is 1. The first-order valence-corrected chi connectivity index (χ1v) is 12.7. The molecule has 5 rings (SSSR count). The predicted molar refractivity (Wildman–Crippen MR) is 148 cm³/mol. The molecule has 0 saturated carbocycles. The van der Waals surface area contributed by atoms with Crippen molar-refractivity contribution in [3.63, 3.8) is 0 Å². The summed E-state index contributed by atoms with van der Waals surface area (Å²) in [5.41, 5.74) is 1.60. The summed E-state index contributed by atoms with van der Waals surface area (Å²) in [5.74, 6) is -2.59. The van der Waals surface area contributed by atoms with Crippen molar-refractivity contribution in [2.75, 3.05) is 13.7 Å². The molecular weight excluding hydrogens is 549 g/mol. The number of aromatic carboxylic acids is 1. The molecule has 11 heteroatoms. The van der Waals surface area contributed by atoms with Crippen molar-refractivity contribution in [2.24, 2.45) is 0 Å². The molecule has 212 valence electrons. The molecule has 0 spiro atoms.